The van der Waals surface area contributed by atoms with E-state index in [1.807, 2.05) is 48.5 Å². The minimum atomic E-state index is -1.31. The molecule has 1 unspecified atom stereocenters. The third-order valence-electron chi connectivity index (χ3n) is 5.69. The van der Waals surface area contributed by atoms with E-state index in [0.29, 0.717) is 17.6 Å². The van der Waals surface area contributed by atoms with Gasteiger partial charge in [-0.15, -0.1) is 0 Å². The average Bonchev–Trinajstić information content (AvgIpc) is 3.20. The van der Waals surface area contributed by atoms with Gasteiger partial charge in [0.15, 0.2) is 5.65 Å². The summed E-state index contributed by atoms with van der Waals surface area (Å²) in [5, 5.41) is 7.22. The molecule has 0 aliphatic rings. The van der Waals surface area contributed by atoms with Crippen molar-refractivity contribution < 1.29 is 4.21 Å². The van der Waals surface area contributed by atoms with Crippen LogP contribution in [-0.4, -0.2) is 34.4 Å². The van der Waals surface area contributed by atoms with E-state index in [1.165, 1.54) is 17.9 Å². The van der Waals surface area contributed by atoms with Crippen molar-refractivity contribution in [2.45, 2.75) is 12.4 Å². The number of benzene rings is 2. The molecule has 0 amide bonds. The summed E-state index contributed by atoms with van der Waals surface area (Å²) in [4.78, 5) is 30.2. The first-order valence-electron chi connectivity index (χ1n) is 10.3. The lowest BCUT2D eigenvalue weighted by atomic mass is 10.0. The standard InChI is InChI=1S/C24H21N5O3S/c1-27-23(30)20-21(17-10-12-25-13-11-17)29(26-22(20)28(24(27)31)15-33(2)32)14-18-8-5-7-16-6-3-4-9-19(16)18/h3-13H,14-15H2,1-2H3. The first kappa shape index (κ1) is 21.0. The van der Waals surface area contributed by atoms with E-state index in [4.69, 9.17) is 5.10 Å². The molecule has 8 nitrogen and oxygen atoms in total. The fourth-order valence-electron chi connectivity index (χ4n) is 4.17. The highest BCUT2D eigenvalue weighted by Gasteiger charge is 2.23. The van der Waals surface area contributed by atoms with Crippen LogP contribution in [0.1, 0.15) is 5.56 Å². The van der Waals surface area contributed by atoms with Crippen LogP contribution in [0.2, 0.25) is 0 Å². The molecule has 3 heterocycles. The number of fused-ring (bicyclic) bond motifs is 2. The van der Waals surface area contributed by atoms with Gasteiger partial charge in [0.05, 0.1) is 12.2 Å². The van der Waals surface area contributed by atoms with Gasteiger partial charge in [0.1, 0.15) is 11.3 Å². The summed E-state index contributed by atoms with van der Waals surface area (Å²) in [5.41, 5.74) is 1.62. The van der Waals surface area contributed by atoms with Crippen LogP contribution in [-0.2, 0) is 30.3 Å². The lowest BCUT2D eigenvalue weighted by Crippen LogP contribution is -2.38. The molecule has 9 heteroatoms. The van der Waals surface area contributed by atoms with E-state index in [1.54, 1.807) is 17.1 Å². The molecule has 2 aromatic carbocycles. The van der Waals surface area contributed by atoms with Crippen molar-refractivity contribution in [2.75, 3.05) is 6.26 Å². The molecule has 5 aromatic rings. The van der Waals surface area contributed by atoms with Crippen LogP contribution in [0.5, 0.6) is 0 Å². The van der Waals surface area contributed by atoms with Crippen LogP contribution in [0.3, 0.4) is 0 Å². The summed E-state index contributed by atoms with van der Waals surface area (Å²) < 4.78 is 16.1. The molecule has 0 spiro atoms. The predicted octanol–water partition coefficient (Wildman–Crippen LogP) is 2.50. The Morgan fingerprint density at radius 2 is 1.70 bits per heavy atom. The molecule has 0 bridgehead atoms. The Morgan fingerprint density at radius 3 is 2.45 bits per heavy atom. The van der Waals surface area contributed by atoms with Crippen molar-refractivity contribution in [3.63, 3.8) is 0 Å². The van der Waals surface area contributed by atoms with Crippen molar-refractivity contribution in [3.05, 3.63) is 93.4 Å². The predicted molar refractivity (Wildman–Crippen MR) is 130 cm³/mol. The van der Waals surface area contributed by atoms with E-state index in [9.17, 15) is 13.8 Å². The highest BCUT2D eigenvalue weighted by molar-refractivity contribution is 7.83. The number of rotatable bonds is 5. The number of aromatic nitrogens is 5. The zero-order valence-corrected chi connectivity index (χ0v) is 19.0. The second kappa shape index (κ2) is 8.25. The Labute approximate surface area is 191 Å². The first-order valence-corrected chi connectivity index (χ1v) is 12.1. The van der Waals surface area contributed by atoms with Crippen molar-refractivity contribution in [1.29, 1.82) is 0 Å². The molecule has 0 saturated heterocycles. The van der Waals surface area contributed by atoms with E-state index in [2.05, 4.69) is 11.1 Å². The fraction of sp³-hybridized carbons (Fsp3) is 0.167. The Balaban J connectivity index is 1.85. The van der Waals surface area contributed by atoms with E-state index in [-0.39, 0.29) is 11.5 Å². The van der Waals surface area contributed by atoms with Crippen molar-refractivity contribution in [3.8, 4) is 11.3 Å². The van der Waals surface area contributed by atoms with E-state index in [0.717, 1.165) is 26.5 Å². The van der Waals surface area contributed by atoms with Gasteiger partial charge in [-0.25, -0.2) is 4.79 Å². The van der Waals surface area contributed by atoms with Gasteiger partial charge in [-0.3, -0.25) is 27.8 Å². The molecule has 0 aliphatic carbocycles. The van der Waals surface area contributed by atoms with Gasteiger partial charge in [-0.2, -0.15) is 5.10 Å². The molecule has 0 saturated carbocycles. The minimum Gasteiger partial charge on any atom is -0.268 e. The van der Waals surface area contributed by atoms with Gasteiger partial charge in [-0.1, -0.05) is 42.5 Å². The van der Waals surface area contributed by atoms with Gasteiger partial charge in [-0.05, 0) is 28.5 Å². The Morgan fingerprint density at radius 1 is 0.970 bits per heavy atom. The molecular weight excluding hydrogens is 438 g/mol. The van der Waals surface area contributed by atoms with E-state index >= 15 is 0 Å². The van der Waals surface area contributed by atoms with Crippen molar-refractivity contribution in [1.82, 2.24) is 23.9 Å². The molecule has 0 N–H and O–H groups in total. The van der Waals surface area contributed by atoms with Crippen LogP contribution >= 0.6 is 0 Å². The smallest absolute Gasteiger partial charge is 0.268 e. The Hall–Kier alpha value is -3.85. The summed E-state index contributed by atoms with van der Waals surface area (Å²) >= 11 is 0. The molecule has 166 valence electrons. The Kier molecular flexibility index (Phi) is 5.26. The summed E-state index contributed by atoms with van der Waals surface area (Å²) in [5.74, 6) is -0.0511. The lowest BCUT2D eigenvalue weighted by Gasteiger charge is -2.10. The average molecular weight is 460 g/mol. The quantitative estimate of drug-likeness (QED) is 0.403. The molecule has 33 heavy (non-hydrogen) atoms. The maximum Gasteiger partial charge on any atom is 0.333 e. The topological polar surface area (TPSA) is 91.8 Å². The summed E-state index contributed by atoms with van der Waals surface area (Å²) in [6.07, 6.45) is 4.82. The van der Waals surface area contributed by atoms with Crippen molar-refractivity contribution >= 4 is 32.6 Å². The third-order valence-corrected chi connectivity index (χ3v) is 6.31. The van der Waals surface area contributed by atoms with Gasteiger partial charge in [0.2, 0.25) is 0 Å². The maximum absolute atomic E-state index is 13.3. The zero-order valence-electron chi connectivity index (χ0n) is 18.1. The molecule has 0 radical (unpaired) electrons. The number of hydrogen-bond donors (Lipinski definition) is 0. The van der Waals surface area contributed by atoms with Gasteiger partial charge in [0.25, 0.3) is 5.56 Å². The highest BCUT2D eigenvalue weighted by Crippen LogP contribution is 2.28. The normalized spacial score (nSPS) is 12.4. The van der Waals surface area contributed by atoms with Crippen molar-refractivity contribution in [2.24, 2.45) is 7.05 Å². The van der Waals surface area contributed by atoms with Gasteiger partial charge >= 0.3 is 5.69 Å². The summed E-state index contributed by atoms with van der Waals surface area (Å²) in [6, 6.07) is 17.8. The molecule has 1 atom stereocenters. The largest absolute Gasteiger partial charge is 0.333 e. The fourth-order valence-corrected chi connectivity index (χ4v) is 4.77. The summed E-state index contributed by atoms with van der Waals surface area (Å²) in [7, 11) is 0.120. The van der Waals surface area contributed by atoms with Crippen LogP contribution in [0.4, 0.5) is 0 Å². The second-order valence-corrected chi connectivity index (χ2v) is 9.26. The third kappa shape index (κ3) is 3.60. The first-order chi connectivity index (χ1) is 16.0. The highest BCUT2D eigenvalue weighted by atomic mass is 32.2. The second-order valence-electron chi connectivity index (χ2n) is 7.86. The number of pyridine rings is 1. The lowest BCUT2D eigenvalue weighted by molar-refractivity contribution is 0.651. The van der Waals surface area contributed by atoms with Gasteiger partial charge < -0.3 is 0 Å². The minimum absolute atomic E-state index is 0.0511. The Bertz CT molecular complexity index is 1650. The molecule has 0 fully saturated rings. The molecule has 5 rings (SSSR count). The van der Waals surface area contributed by atoms with E-state index < -0.39 is 22.0 Å². The number of hydrogen-bond acceptors (Lipinski definition) is 5. The molecular formula is C24H21N5O3S. The zero-order chi connectivity index (χ0) is 23.1. The van der Waals surface area contributed by atoms with Crippen LogP contribution < -0.4 is 11.2 Å². The molecule has 3 aromatic heterocycles. The SMILES string of the molecule is Cn1c(=O)c2c(-c3ccncc3)n(Cc3cccc4ccccc34)nc2n(CS(C)=O)c1=O. The van der Waals surface area contributed by atoms with Crippen LogP contribution in [0, 0.1) is 0 Å². The van der Waals surface area contributed by atoms with Crippen LogP contribution in [0.15, 0.2) is 76.6 Å². The monoisotopic (exact) mass is 459 g/mol. The maximum atomic E-state index is 13.3. The van der Waals surface area contributed by atoms with Gasteiger partial charge in [0, 0.05) is 42.1 Å². The summed E-state index contributed by atoms with van der Waals surface area (Å²) in [6.45, 7) is 0.389. The number of nitrogens with zero attached hydrogens (tertiary/aromatic N) is 5. The van der Waals surface area contributed by atoms with Crippen LogP contribution in [0.25, 0.3) is 33.1 Å². The molecule has 0 aliphatic heterocycles.